The van der Waals surface area contributed by atoms with Gasteiger partial charge in [-0.2, -0.15) is 11.0 Å². The molecular weight excluding hydrogens is 112 g/mol. The van der Waals surface area contributed by atoms with Gasteiger partial charge in [0.15, 0.2) is 0 Å². The van der Waals surface area contributed by atoms with Crippen LogP contribution >= 0.6 is 0 Å². The molecule has 5 heteroatoms. The minimum absolute atomic E-state index is 0.729. The maximum absolute atomic E-state index is 10.2. The highest BCUT2D eigenvalue weighted by molar-refractivity contribution is 5.65. The molecule has 0 aliphatic carbocycles. The van der Waals surface area contributed by atoms with Crippen LogP contribution in [0.5, 0.6) is 0 Å². The van der Waals surface area contributed by atoms with E-state index in [2.05, 4.69) is 15.6 Å². The monoisotopic (exact) mass is 120 g/mol. The predicted octanol–water partition coefficient (Wildman–Crippen LogP) is -0.510. The van der Waals surface area contributed by atoms with Crippen molar-refractivity contribution in [3.63, 3.8) is 0 Å². The first-order chi connectivity index (χ1) is 3.72. The van der Waals surface area contributed by atoms with Gasteiger partial charge in [-0.05, 0) is 0 Å². The fourth-order valence-electron chi connectivity index (χ4n) is 0.149. The number of nitrogens with zero attached hydrogens (tertiary/aromatic N) is 1. The van der Waals surface area contributed by atoms with Crippen LogP contribution in [0, 0.1) is 0 Å². The van der Waals surface area contributed by atoms with Crippen LogP contribution in [-0.4, -0.2) is 25.3 Å². The van der Waals surface area contributed by atoms with Crippen LogP contribution in [0.2, 0.25) is 0 Å². The lowest BCUT2D eigenvalue weighted by atomic mass is 11.1. The van der Waals surface area contributed by atoms with E-state index in [1.165, 1.54) is 14.2 Å². The molecule has 0 rings (SSSR count). The van der Waals surface area contributed by atoms with Gasteiger partial charge in [0, 0.05) is 7.05 Å². The molecule has 0 spiro atoms. The molecule has 0 aliphatic rings. The third-order valence-electron chi connectivity index (χ3n) is 0.632. The molecule has 0 fully saturated rings. The van der Waals surface area contributed by atoms with Crippen LogP contribution in [-0.2, 0) is 9.68 Å². The zero-order chi connectivity index (χ0) is 6.57. The van der Waals surface area contributed by atoms with Crippen molar-refractivity contribution in [3.05, 3.63) is 0 Å². The Bertz CT molecular complexity index is 84.6. The summed E-state index contributed by atoms with van der Waals surface area (Å²) >= 11 is 0. The molecule has 0 aliphatic heterocycles. The van der Waals surface area contributed by atoms with E-state index in [4.69, 9.17) is 0 Å². The quantitative estimate of drug-likeness (QED) is 0.473. The van der Waals surface area contributed by atoms with Crippen molar-refractivity contribution in [1.29, 1.82) is 0 Å². The lowest BCUT2D eigenvalue weighted by molar-refractivity contribution is -0.0908. The Morgan fingerprint density at radius 2 is 2.25 bits per heavy atom. The van der Waals surface area contributed by atoms with Crippen LogP contribution in [0.1, 0.15) is 0 Å². The molecule has 5 nitrogen and oxygen atoms in total. The Labute approximate surface area is 46.9 Å². The third-order valence-corrected chi connectivity index (χ3v) is 0.632. The minimum atomic E-state index is -0.729. The van der Waals surface area contributed by atoms with Gasteiger partial charge in [-0.1, -0.05) is 0 Å². The Morgan fingerprint density at radius 3 is 2.38 bits per heavy atom. The van der Waals surface area contributed by atoms with Gasteiger partial charge >= 0.3 is 6.09 Å². The van der Waals surface area contributed by atoms with Crippen LogP contribution in [0.4, 0.5) is 4.79 Å². The second-order valence-corrected chi connectivity index (χ2v) is 1.06. The smallest absolute Gasteiger partial charge is 0.355 e. The van der Waals surface area contributed by atoms with Gasteiger partial charge in [-0.15, -0.1) is 0 Å². The lowest BCUT2D eigenvalue weighted by Gasteiger charge is -2.09. The molecule has 0 atom stereocenters. The highest BCUT2D eigenvalue weighted by Crippen LogP contribution is 1.83. The largest absolute Gasteiger partial charge is 0.452 e. The van der Waals surface area contributed by atoms with Crippen molar-refractivity contribution < 1.29 is 14.5 Å². The van der Waals surface area contributed by atoms with E-state index in [1.807, 2.05) is 0 Å². The van der Waals surface area contributed by atoms with Gasteiger partial charge in [-0.3, -0.25) is 4.84 Å². The standard InChI is InChI=1S/C3H8N2O3/c1-5(7-2)3(6)8-4/h4H2,1-2H3. The van der Waals surface area contributed by atoms with Gasteiger partial charge in [-0.25, -0.2) is 4.79 Å². The van der Waals surface area contributed by atoms with Gasteiger partial charge < -0.3 is 4.84 Å². The Morgan fingerprint density at radius 1 is 1.75 bits per heavy atom. The molecule has 0 bridgehead atoms. The maximum atomic E-state index is 10.2. The van der Waals surface area contributed by atoms with Crippen LogP contribution in [0.25, 0.3) is 0 Å². The number of amides is 1. The maximum Gasteiger partial charge on any atom is 0.452 e. The van der Waals surface area contributed by atoms with Gasteiger partial charge in [0.1, 0.15) is 0 Å². The third kappa shape index (κ3) is 1.76. The van der Waals surface area contributed by atoms with Gasteiger partial charge in [0.25, 0.3) is 0 Å². The fraction of sp³-hybridized carbons (Fsp3) is 0.667. The zero-order valence-electron chi connectivity index (χ0n) is 4.75. The molecule has 0 aromatic heterocycles. The molecule has 0 saturated carbocycles. The molecule has 0 aromatic rings. The molecule has 0 saturated heterocycles. The molecule has 0 heterocycles. The summed E-state index contributed by atoms with van der Waals surface area (Å²) in [6.45, 7) is 0. The molecule has 2 N–H and O–H groups in total. The number of rotatable bonds is 1. The predicted molar refractivity (Wildman–Crippen MR) is 25.4 cm³/mol. The second-order valence-electron chi connectivity index (χ2n) is 1.06. The van der Waals surface area contributed by atoms with Crippen LogP contribution in [0.15, 0.2) is 0 Å². The first kappa shape index (κ1) is 7.19. The van der Waals surface area contributed by atoms with E-state index >= 15 is 0 Å². The number of hydrogen-bond donors (Lipinski definition) is 1. The average Bonchev–Trinajstić information content (AvgIpc) is 1.84. The van der Waals surface area contributed by atoms with Crippen molar-refractivity contribution in [1.82, 2.24) is 5.06 Å². The Hall–Kier alpha value is -0.810. The molecule has 0 unspecified atom stereocenters. The number of hydroxylamine groups is 2. The minimum Gasteiger partial charge on any atom is -0.355 e. The van der Waals surface area contributed by atoms with E-state index < -0.39 is 6.09 Å². The number of hydrogen-bond acceptors (Lipinski definition) is 4. The zero-order valence-corrected chi connectivity index (χ0v) is 4.75. The molecule has 48 valence electrons. The summed E-state index contributed by atoms with van der Waals surface area (Å²) in [4.78, 5) is 18.3. The summed E-state index contributed by atoms with van der Waals surface area (Å²) in [7, 11) is 2.71. The topological polar surface area (TPSA) is 64.8 Å². The SMILES string of the molecule is CON(C)C(=O)ON. The summed E-state index contributed by atoms with van der Waals surface area (Å²) in [5, 5.41) is 0.861. The number of carbonyl (C=O) groups is 1. The summed E-state index contributed by atoms with van der Waals surface area (Å²) in [5.74, 6) is 4.48. The van der Waals surface area contributed by atoms with E-state index in [0.717, 1.165) is 5.06 Å². The highest BCUT2D eigenvalue weighted by Gasteiger charge is 2.04. The summed E-state index contributed by atoms with van der Waals surface area (Å²) in [6.07, 6.45) is -0.729. The first-order valence-electron chi connectivity index (χ1n) is 1.91. The fourth-order valence-corrected chi connectivity index (χ4v) is 0.149. The van der Waals surface area contributed by atoms with Crippen LogP contribution < -0.4 is 5.90 Å². The number of carbonyl (C=O) groups excluding carboxylic acids is 1. The number of nitrogens with two attached hydrogens (primary N) is 1. The second kappa shape index (κ2) is 3.23. The first-order valence-corrected chi connectivity index (χ1v) is 1.91. The van der Waals surface area contributed by atoms with Crippen molar-refractivity contribution in [2.75, 3.05) is 14.2 Å². The Kier molecular flexibility index (Phi) is 2.90. The summed E-state index contributed by atoms with van der Waals surface area (Å²) in [6, 6.07) is 0. The summed E-state index contributed by atoms with van der Waals surface area (Å²) < 4.78 is 0. The van der Waals surface area contributed by atoms with Crippen molar-refractivity contribution in [2.24, 2.45) is 5.90 Å². The van der Waals surface area contributed by atoms with Crippen LogP contribution in [0.3, 0.4) is 0 Å². The van der Waals surface area contributed by atoms with Crippen molar-refractivity contribution >= 4 is 6.09 Å². The van der Waals surface area contributed by atoms with Gasteiger partial charge in [0.2, 0.25) is 0 Å². The molecule has 8 heavy (non-hydrogen) atoms. The summed E-state index contributed by atoms with van der Waals surface area (Å²) in [5.41, 5.74) is 0. The normalized spacial score (nSPS) is 8.38. The molecule has 0 radical (unpaired) electrons. The van der Waals surface area contributed by atoms with Crippen molar-refractivity contribution in [3.8, 4) is 0 Å². The van der Waals surface area contributed by atoms with Crippen molar-refractivity contribution in [2.45, 2.75) is 0 Å². The lowest BCUT2D eigenvalue weighted by Crippen LogP contribution is -2.28. The van der Waals surface area contributed by atoms with E-state index in [-0.39, 0.29) is 0 Å². The molecule has 0 aromatic carbocycles. The van der Waals surface area contributed by atoms with Gasteiger partial charge in [0.05, 0.1) is 7.11 Å². The average molecular weight is 120 g/mol. The molecule has 1 amide bonds. The molecular formula is C3H8N2O3. The van der Waals surface area contributed by atoms with E-state index in [9.17, 15) is 4.79 Å². The Balaban J connectivity index is 3.46. The van der Waals surface area contributed by atoms with E-state index in [0.29, 0.717) is 0 Å². The highest BCUT2D eigenvalue weighted by atomic mass is 16.8. The van der Waals surface area contributed by atoms with E-state index in [1.54, 1.807) is 0 Å².